The van der Waals surface area contributed by atoms with Crippen LogP contribution in [0.15, 0.2) is 53.6 Å². The number of aromatic nitrogens is 2. The molecule has 8 heteroatoms. The molecule has 148 valence electrons. The zero-order chi connectivity index (χ0) is 20.7. The van der Waals surface area contributed by atoms with Crippen LogP contribution >= 0.6 is 0 Å². The van der Waals surface area contributed by atoms with Crippen LogP contribution in [-0.4, -0.2) is 25.5 Å². The zero-order valence-corrected chi connectivity index (χ0v) is 16.4. The van der Waals surface area contributed by atoms with Crippen molar-refractivity contribution in [3.63, 3.8) is 0 Å². The lowest BCUT2D eigenvalue weighted by molar-refractivity contribution is -0.384. The molecular weight excluding hydrogens is 370 g/mol. The van der Waals surface area contributed by atoms with Gasteiger partial charge >= 0.3 is 0 Å². The molecule has 4 rings (SSSR count). The van der Waals surface area contributed by atoms with Crippen LogP contribution in [0.5, 0.6) is 5.75 Å². The van der Waals surface area contributed by atoms with Gasteiger partial charge < -0.3 is 5.11 Å². The number of non-ortho nitro benzene ring substituents is 1. The summed E-state index contributed by atoms with van der Waals surface area (Å²) in [7, 11) is 1.91. The second-order valence-electron chi connectivity index (χ2n) is 7.14. The summed E-state index contributed by atoms with van der Waals surface area (Å²) in [5, 5.41) is 32.1. The first-order chi connectivity index (χ1) is 13.8. The summed E-state index contributed by atoms with van der Waals surface area (Å²) in [6.07, 6.45) is 0.633. The second kappa shape index (κ2) is 7.05. The van der Waals surface area contributed by atoms with Gasteiger partial charge in [-0.1, -0.05) is 12.1 Å². The van der Waals surface area contributed by atoms with Crippen LogP contribution in [0, 0.1) is 24.0 Å². The monoisotopic (exact) mass is 391 g/mol. The number of rotatable bonds is 4. The number of nitro groups is 1. The number of anilines is 1. The third-order valence-electron chi connectivity index (χ3n) is 5.31. The Hall–Kier alpha value is -3.68. The average Bonchev–Trinajstić information content (AvgIpc) is 3.22. The molecule has 0 unspecified atom stereocenters. The number of nitrogens with zero attached hydrogens (tertiary/aromatic N) is 5. The lowest BCUT2D eigenvalue weighted by Gasteiger charge is -2.24. The molecule has 2 heterocycles. The van der Waals surface area contributed by atoms with Gasteiger partial charge in [-0.3, -0.25) is 19.8 Å². The fourth-order valence-corrected chi connectivity index (χ4v) is 3.83. The summed E-state index contributed by atoms with van der Waals surface area (Å²) in [5.41, 5.74) is 5.55. The van der Waals surface area contributed by atoms with Crippen LogP contribution in [0.1, 0.15) is 35.0 Å². The predicted octanol–water partition coefficient (Wildman–Crippen LogP) is 4.01. The van der Waals surface area contributed by atoms with Crippen molar-refractivity contribution < 1.29 is 10.0 Å². The molecule has 2 aromatic carbocycles. The van der Waals surface area contributed by atoms with E-state index in [0.717, 1.165) is 33.9 Å². The Morgan fingerprint density at radius 1 is 1.17 bits per heavy atom. The van der Waals surface area contributed by atoms with Crippen LogP contribution in [0.4, 0.5) is 11.4 Å². The number of phenols is 1. The molecule has 1 aliphatic rings. The van der Waals surface area contributed by atoms with Gasteiger partial charge in [0.05, 0.1) is 28.1 Å². The highest BCUT2D eigenvalue weighted by Crippen LogP contribution is 2.39. The lowest BCUT2D eigenvalue weighted by Crippen LogP contribution is -2.20. The molecule has 1 atom stereocenters. The quantitative estimate of drug-likeness (QED) is 0.535. The highest BCUT2D eigenvalue weighted by molar-refractivity contribution is 6.03. The van der Waals surface area contributed by atoms with E-state index in [1.807, 2.05) is 36.7 Å². The van der Waals surface area contributed by atoms with Crippen molar-refractivity contribution in [2.24, 2.45) is 12.1 Å². The highest BCUT2D eigenvalue weighted by atomic mass is 16.6. The molecule has 1 aliphatic heterocycles. The van der Waals surface area contributed by atoms with Crippen molar-refractivity contribution in [2.75, 3.05) is 5.01 Å². The second-order valence-corrected chi connectivity index (χ2v) is 7.14. The first kappa shape index (κ1) is 18.7. The van der Waals surface area contributed by atoms with Crippen molar-refractivity contribution >= 4 is 17.1 Å². The van der Waals surface area contributed by atoms with Crippen LogP contribution in [0.3, 0.4) is 0 Å². The van der Waals surface area contributed by atoms with E-state index >= 15 is 0 Å². The number of aromatic hydroxyl groups is 1. The zero-order valence-electron chi connectivity index (χ0n) is 16.4. The molecule has 1 N–H and O–H groups in total. The van der Waals surface area contributed by atoms with E-state index in [2.05, 4.69) is 5.10 Å². The highest BCUT2D eigenvalue weighted by Gasteiger charge is 2.33. The van der Waals surface area contributed by atoms with Crippen molar-refractivity contribution in [3.05, 3.63) is 81.2 Å². The predicted molar refractivity (Wildman–Crippen MR) is 110 cm³/mol. The maximum absolute atomic E-state index is 11.0. The maximum atomic E-state index is 11.0. The minimum absolute atomic E-state index is 0.0374. The largest absolute Gasteiger partial charge is 0.508 e. The van der Waals surface area contributed by atoms with E-state index in [1.54, 1.807) is 30.3 Å². The molecule has 0 aliphatic carbocycles. The molecule has 29 heavy (non-hydrogen) atoms. The minimum Gasteiger partial charge on any atom is -0.508 e. The Bertz CT molecular complexity index is 1120. The molecular formula is C21H21N5O3. The standard InChI is InChI=1S/C21H21N5O3/c1-13-21(14(2)24(3)22-13)20-12-19(15-5-4-6-18(27)11-15)23-25(20)16-7-9-17(10-8-16)26(28)29/h4-11,20,27H,12H2,1-3H3/t20-/m0/s1. The van der Waals surface area contributed by atoms with E-state index in [-0.39, 0.29) is 17.5 Å². The van der Waals surface area contributed by atoms with Gasteiger partial charge in [0.1, 0.15) is 5.75 Å². The molecule has 0 bridgehead atoms. The van der Waals surface area contributed by atoms with Crippen molar-refractivity contribution in [1.29, 1.82) is 0 Å². The first-order valence-corrected chi connectivity index (χ1v) is 9.26. The number of benzene rings is 2. The first-order valence-electron chi connectivity index (χ1n) is 9.26. The Morgan fingerprint density at radius 2 is 1.90 bits per heavy atom. The van der Waals surface area contributed by atoms with Gasteiger partial charge in [-0.15, -0.1) is 0 Å². The number of hydrogen-bond acceptors (Lipinski definition) is 6. The Balaban J connectivity index is 1.80. The smallest absolute Gasteiger partial charge is 0.269 e. The van der Waals surface area contributed by atoms with Crippen molar-refractivity contribution in [3.8, 4) is 5.75 Å². The lowest BCUT2D eigenvalue weighted by atomic mass is 9.96. The molecule has 0 spiro atoms. The van der Waals surface area contributed by atoms with E-state index in [4.69, 9.17) is 5.10 Å². The van der Waals surface area contributed by atoms with Crippen molar-refractivity contribution in [2.45, 2.75) is 26.3 Å². The normalized spacial score (nSPS) is 16.2. The number of aryl methyl sites for hydroxylation is 2. The van der Waals surface area contributed by atoms with Gasteiger partial charge in [0.2, 0.25) is 0 Å². The van der Waals surface area contributed by atoms with Crippen molar-refractivity contribution in [1.82, 2.24) is 9.78 Å². The fourth-order valence-electron chi connectivity index (χ4n) is 3.83. The summed E-state index contributed by atoms with van der Waals surface area (Å²) in [5.74, 6) is 0.185. The Morgan fingerprint density at radius 3 is 2.48 bits per heavy atom. The number of nitro benzene ring substituents is 1. The number of hydrazone groups is 1. The molecule has 0 fully saturated rings. The molecule has 1 aromatic heterocycles. The van der Waals surface area contributed by atoms with Crippen LogP contribution < -0.4 is 5.01 Å². The third-order valence-corrected chi connectivity index (χ3v) is 5.31. The van der Waals surface area contributed by atoms with E-state index in [1.165, 1.54) is 12.1 Å². The third kappa shape index (κ3) is 3.33. The summed E-state index contributed by atoms with van der Waals surface area (Å²) < 4.78 is 1.85. The maximum Gasteiger partial charge on any atom is 0.269 e. The Labute approximate surface area is 167 Å². The SMILES string of the molecule is Cc1nn(C)c(C)c1[C@@H]1CC(c2cccc(O)c2)=NN1c1ccc([N+](=O)[O-])cc1. The van der Waals surface area contributed by atoms with E-state index in [0.29, 0.717) is 6.42 Å². The molecule has 0 saturated carbocycles. The minimum atomic E-state index is -0.415. The number of hydrogen-bond donors (Lipinski definition) is 1. The topological polar surface area (TPSA) is 96.8 Å². The van der Waals surface area contributed by atoms with Crippen LogP contribution in [0.2, 0.25) is 0 Å². The molecule has 0 radical (unpaired) electrons. The summed E-state index contributed by atoms with van der Waals surface area (Å²) in [4.78, 5) is 10.6. The van der Waals surface area contributed by atoms with Gasteiger partial charge in [0.15, 0.2) is 0 Å². The van der Waals surface area contributed by atoms with Gasteiger partial charge in [0.25, 0.3) is 5.69 Å². The molecule has 0 amide bonds. The Kier molecular flexibility index (Phi) is 4.54. The van der Waals surface area contributed by atoms with Gasteiger partial charge in [-0.25, -0.2) is 0 Å². The van der Waals surface area contributed by atoms with Gasteiger partial charge in [0, 0.05) is 42.4 Å². The van der Waals surface area contributed by atoms with Crippen LogP contribution in [0.25, 0.3) is 0 Å². The molecule has 3 aromatic rings. The van der Waals surface area contributed by atoms with E-state index in [9.17, 15) is 15.2 Å². The van der Waals surface area contributed by atoms with Crippen LogP contribution in [-0.2, 0) is 7.05 Å². The summed E-state index contributed by atoms with van der Waals surface area (Å²) >= 11 is 0. The van der Waals surface area contributed by atoms with E-state index < -0.39 is 4.92 Å². The molecule has 0 saturated heterocycles. The summed E-state index contributed by atoms with van der Waals surface area (Å²) in [6.45, 7) is 4.00. The average molecular weight is 391 g/mol. The van der Waals surface area contributed by atoms with Gasteiger partial charge in [-0.2, -0.15) is 10.2 Å². The number of phenolic OH excluding ortho intramolecular Hbond substituents is 1. The fraction of sp³-hybridized carbons (Fsp3) is 0.238. The summed E-state index contributed by atoms with van der Waals surface area (Å²) in [6, 6.07) is 13.3. The molecule has 8 nitrogen and oxygen atoms in total. The van der Waals surface area contributed by atoms with Gasteiger partial charge in [-0.05, 0) is 38.1 Å².